The Balaban J connectivity index is 0.000000132. The van der Waals surface area contributed by atoms with Crippen LogP contribution in [0.15, 0.2) is 97.1 Å². The Kier molecular flexibility index (Phi) is 12.5. The molecule has 0 amide bonds. The minimum atomic E-state index is 0.185. The zero-order valence-electron chi connectivity index (χ0n) is 26.6. The van der Waals surface area contributed by atoms with Crippen molar-refractivity contribution in [1.29, 1.82) is 0 Å². The largest absolute Gasteiger partial charge is 0.342 e. The van der Waals surface area contributed by atoms with Gasteiger partial charge in [-0.05, 0) is 76.2 Å². The van der Waals surface area contributed by atoms with E-state index in [1.54, 1.807) is 0 Å². The highest BCUT2D eigenvalue weighted by Gasteiger charge is 1.96. The van der Waals surface area contributed by atoms with E-state index in [4.69, 9.17) is 11.5 Å². The van der Waals surface area contributed by atoms with Crippen LogP contribution in [0, 0.1) is 27.7 Å². The molecule has 238 valence electrons. The van der Waals surface area contributed by atoms with Gasteiger partial charge in [-0.15, -0.1) is 0 Å². The Bertz CT molecular complexity index is 1650. The zero-order chi connectivity index (χ0) is 32.9. The fraction of sp³-hybridized carbons (Fsp3) is 0.200. The van der Waals surface area contributed by atoms with Gasteiger partial charge in [-0.3, -0.25) is 0 Å². The van der Waals surface area contributed by atoms with Gasteiger partial charge in [-0.2, -0.15) is 12.6 Å². The number of fused-ring (bicyclic) bond motifs is 4. The van der Waals surface area contributed by atoms with Crippen molar-refractivity contribution in [2.45, 2.75) is 32.9 Å². The Morgan fingerprint density at radius 1 is 0.457 bits per heavy atom. The number of nitrogens with one attached hydrogen (secondary N) is 4. The molecule has 0 spiro atoms. The Morgan fingerprint density at radius 2 is 0.674 bits per heavy atom. The summed E-state index contributed by atoms with van der Waals surface area (Å²) in [6.07, 6.45) is 0. The van der Waals surface area contributed by atoms with E-state index in [0.717, 1.165) is 67.4 Å². The van der Waals surface area contributed by atoms with Crippen molar-refractivity contribution in [2.24, 2.45) is 11.5 Å². The van der Waals surface area contributed by atoms with Crippen molar-refractivity contribution in [2.75, 3.05) is 13.1 Å². The molecule has 0 aliphatic heterocycles. The molecule has 10 nitrogen and oxygen atoms in total. The molecule has 0 fully saturated rings. The number of nitrogens with zero attached hydrogens (tertiary/aromatic N) is 4. The first-order chi connectivity index (χ1) is 22.2. The van der Waals surface area contributed by atoms with E-state index >= 15 is 0 Å². The first-order valence-corrected chi connectivity index (χ1v) is 15.5. The zero-order valence-corrected chi connectivity index (χ0v) is 27.5. The van der Waals surface area contributed by atoms with Crippen LogP contribution in [-0.2, 0) is 0 Å². The van der Waals surface area contributed by atoms with Crippen molar-refractivity contribution in [3.63, 3.8) is 0 Å². The number of aromatic nitrogens is 8. The second kappa shape index (κ2) is 16.9. The van der Waals surface area contributed by atoms with Gasteiger partial charge in [0.25, 0.3) is 0 Å². The van der Waals surface area contributed by atoms with Crippen LogP contribution in [0.4, 0.5) is 0 Å². The Morgan fingerprint density at radius 3 is 0.848 bits per heavy atom. The minimum Gasteiger partial charge on any atom is -0.342 e. The summed E-state index contributed by atoms with van der Waals surface area (Å²) >= 11 is 3.98. The third kappa shape index (κ3) is 10.0. The van der Waals surface area contributed by atoms with Gasteiger partial charge >= 0.3 is 0 Å². The summed E-state index contributed by atoms with van der Waals surface area (Å²) in [7, 11) is 0. The summed E-state index contributed by atoms with van der Waals surface area (Å²) in [6, 6.07) is 32.0. The standard InChI is InChI=1S/4C8H8N2.C3H10N2S/c4*1-6-9-7-4-2-3-5-8(7)10-6;4-1-3(6)2-5/h4*2-5H,1H3,(H,9,10);3,6H,1-2,4-5H2. The third-order valence-electron chi connectivity index (χ3n) is 6.58. The molecule has 0 aliphatic carbocycles. The van der Waals surface area contributed by atoms with E-state index in [-0.39, 0.29) is 5.25 Å². The molecule has 0 unspecified atom stereocenters. The van der Waals surface area contributed by atoms with Crippen LogP contribution in [0.2, 0.25) is 0 Å². The smallest absolute Gasteiger partial charge is 0.104 e. The third-order valence-corrected chi connectivity index (χ3v) is 7.00. The molecule has 4 heterocycles. The molecule has 0 aliphatic rings. The van der Waals surface area contributed by atoms with Crippen LogP contribution in [0.5, 0.6) is 0 Å². The van der Waals surface area contributed by atoms with Gasteiger partial charge in [0.15, 0.2) is 0 Å². The van der Waals surface area contributed by atoms with Crippen LogP contribution in [0.3, 0.4) is 0 Å². The number of H-pyrrole nitrogens is 4. The van der Waals surface area contributed by atoms with Crippen molar-refractivity contribution >= 4 is 56.8 Å². The van der Waals surface area contributed by atoms with E-state index < -0.39 is 0 Å². The van der Waals surface area contributed by atoms with E-state index in [0.29, 0.717) is 13.1 Å². The number of aryl methyl sites for hydroxylation is 4. The highest BCUT2D eigenvalue weighted by Crippen LogP contribution is 2.11. The van der Waals surface area contributed by atoms with Crippen LogP contribution < -0.4 is 11.5 Å². The quantitative estimate of drug-likeness (QED) is 0.105. The maximum Gasteiger partial charge on any atom is 0.104 e. The predicted molar refractivity (Wildman–Crippen MR) is 194 cm³/mol. The van der Waals surface area contributed by atoms with E-state index in [2.05, 4.69) is 52.5 Å². The highest BCUT2D eigenvalue weighted by molar-refractivity contribution is 7.81. The van der Waals surface area contributed by atoms with Gasteiger partial charge < -0.3 is 31.4 Å². The van der Waals surface area contributed by atoms with Crippen molar-refractivity contribution in [3.05, 3.63) is 120 Å². The normalized spacial score (nSPS) is 10.4. The molecule has 8 aromatic rings. The van der Waals surface area contributed by atoms with Gasteiger partial charge in [0.05, 0.1) is 44.1 Å². The first-order valence-electron chi connectivity index (χ1n) is 15.0. The molecule has 4 aromatic heterocycles. The average Bonchev–Trinajstić information content (AvgIpc) is 3.83. The summed E-state index contributed by atoms with van der Waals surface area (Å²) in [5.74, 6) is 3.89. The van der Waals surface area contributed by atoms with Gasteiger partial charge in [-0.25, -0.2) is 19.9 Å². The Labute approximate surface area is 273 Å². The number of hydrogen-bond acceptors (Lipinski definition) is 7. The lowest BCUT2D eigenvalue weighted by atomic mass is 10.3. The maximum absolute atomic E-state index is 5.13. The second-order valence-corrected chi connectivity index (χ2v) is 11.2. The van der Waals surface area contributed by atoms with Crippen LogP contribution in [-0.4, -0.2) is 58.2 Å². The average molecular weight is 635 g/mol. The molecule has 0 bridgehead atoms. The van der Waals surface area contributed by atoms with Crippen molar-refractivity contribution in [1.82, 2.24) is 39.9 Å². The van der Waals surface area contributed by atoms with Crippen molar-refractivity contribution < 1.29 is 0 Å². The lowest BCUT2D eigenvalue weighted by molar-refractivity contribution is 0.869. The molecule has 11 heteroatoms. The number of para-hydroxylation sites is 8. The van der Waals surface area contributed by atoms with Gasteiger partial charge in [0, 0.05) is 18.3 Å². The topological polar surface area (TPSA) is 167 Å². The van der Waals surface area contributed by atoms with Gasteiger partial charge in [0.1, 0.15) is 23.3 Å². The van der Waals surface area contributed by atoms with Crippen molar-refractivity contribution in [3.8, 4) is 0 Å². The summed E-state index contributed by atoms with van der Waals surface area (Å²) in [4.78, 5) is 29.6. The monoisotopic (exact) mass is 634 g/mol. The second-order valence-electron chi connectivity index (χ2n) is 10.5. The number of hydrogen-bond donors (Lipinski definition) is 7. The van der Waals surface area contributed by atoms with Gasteiger partial charge in [-0.1, -0.05) is 48.5 Å². The minimum absolute atomic E-state index is 0.185. The van der Waals surface area contributed by atoms with Gasteiger partial charge in [0.2, 0.25) is 0 Å². The number of aromatic amines is 4. The maximum atomic E-state index is 5.13. The number of imidazole rings is 4. The van der Waals surface area contributed by atoms with E-state index in [9.17, 15) is 0 Å². The fourth-order valence-corrected chi connectivity index (χ4v) is 4.42. The van der Waals surface area contributed by atoms with Crippen LogP contribution >= 0.6 is 12.6 Å². The molecule has 8 rings (SSSR count). The number of nitrogens with two attached hydrogens (primary N) is 2. The van der Waals surface area contributed by atoms with E-state index in [1.807, 2.05) is 125 Å². The lowest BCUT2D eigenvalue weighted by Gasteiger charge is -1.98. The molecular weight excluding hydrogens is 593 g/mol. The fourth-order valence-electron chi connectivity index (χ4n) is 4.42. The van der Waals surface area contributed by atoms with Crippen LogP contribution in [0.25, 0.3) is 44.1 Å². The Hall–Kier alpha value is -4.97. The SMILES string of the molecule is Cc1nc2ccccc2[nH]1.Cc1nc2ccccc2[nH]1.Cc1nc2ccccc2[nH]1.Cc1nc2ccccc2[nH]1.NCC(S)CN. The summed E-state index contributed by atoms with van der Waals surface area (Å²) in [5, 5.41) is 0.185. The summed E-state index contributed by atoms with van der Waals surface area (Å²) in [5.41, 5.74) is 18.9. The summed E-state index contributed by atoms with van der Waals surface area (Å²) < 4.78 is 0. The number of thiol groups is 1. The number of rotatable bonds is 2. The molecular formula is C35H42N10S. The first kappa shape index (κ1) is 33.9. The molecule has 0 saturated heterocycles. The van der Waals surface area contributed by atoms with E-state index in [1.165, 1.54) is 0 Å². The lowest BCUT2D eigenvalue weighted by Crippen LogP contribution is -2.23. The molecule has 8 N–H and O–H groups in total. The molecule has 0 saturated carbocycles. The number of benzene rings is 4. The van der Waals surface area contributed by atoms with Crippen LogP contribution in [0.1, 0.15) is 23.3 Å². The highest BCUT2D eigenvalue weighted by atomic mass is 32.1. The summed E-state index contributed by atoms with van der Waals surface area (Å²) in [6.45, 7) is 8.97. The molecule has 46 heavy (non-hydrogen) atoms. The molecule has 0 atom stereocenters. The molecule has 0 radical (unpaired) electrons. The molecule has 4 aromatic carbocycles. The predicted octanol–water partition coefficient (Wildman–Crippen LogP) is 6.69.